The van der Waals surface area contributed by atoms with Gasteiger partial charge in [0.15, 0.2) is 5.88 Å². The fourth-order valence-corrected chi connectivity index (χ4v) is 3.47. The van der Waals surface area contributed by atoms with Gasteiger partial charge in [-0.05, 0) is 24.3 Å². The summed E-state index contributed by atoms with van der Waals surface area (Å²) in [6.45, 7) is 1.16. The number of phenols is 1. The van der Waals surface area contributed by atoms with Crippen LogP contribution < -0.4 is 5.73 Å². The van der Waals surface area contributed by atoms with Gasteiger partial charge in [0, 0.05) is 29.9 Å². The van der Waals surface area contributed by atoms with E-state index >= 15 is 0 Å². The number of aromatic hydroxyl groups is 2. The van der Waals surface area contributed by atoms with Crippen LogP contribution in [0, 0.1) is 0 Å². The van der Waals surface area contributed by atoms with Crippen molar-refractivity contribution in [3.63, 3.8) is 0 Å². The molecule has 0 amide bonds. The Labute approximate surface area is 194 Å². The number of esters is 1. The van der Waals surface area contributed by atoms with E-state index in [-0.39, 0.29) is 48.4 Å². The molecule has 1 atom stereocenters. The summed E-state index contributed by atoms with van der Waals surface area (Å²) < 4.78 is 4.95. The van der Waals surface area contributed by atoms with Gasteiger partial charge in [-0.3, -0.25) is 4.79 Å². The fraction of sp³-hybridized carbons (Fsp3) is 0.182. The Morgan fingerprint density at radius 1 is 1.21 bits per heavy atom. The number of phenolic OH excluding ortho intramolecular Hbond substituents is 1. The van der Waals surface area contributed by atoms with Gasteiger partial charge in [0.05, 0.1) is 17.7 Å². The van der Waals surface area contributed by atoms with Crippen molar-refractivity contribution < 1.29 is 29.4 Å². The number of nitrogens with two attached hydrogens (primary N) is 1. The number of nitrogens with one attached hydrogen (secondary N) is 1. The van der Waals surface area contributed by atoms with Crippen molar-refractivity contribution >= 4 is 52.4 Å². The van der Waals surface area contributed by atoms with E-state index in [1.54, 1.807) is 18.2 Å². The van der Waals surface area contributed by atoms with Crippen molar-refractivity contribution in [1.82, 2.24) is 4.98 Å². The van der Waals surface area contributed by atoms with Crippen molar-refractivity contribution in [2.45, 2.75) is 19.4 Å². The summed E-state index contributed by atoms with van der Waals surface area (Å²) >= 11 is 0. The van der Waals surface area contributed by atoms with Gasteiger partial charge in [-0.25, -0.2) is 9.79 Å². The number of fused-ring (bicyclic) bond motifs is 2. The SMILES string of the molecule is CC(=O)O[C@H](CN)CC(=O)O/N=C1/C(c2c(O)[nH]c3ccccc23)=Nc2ccc(O)cc21.Cl. The summed E-state index contributed by atoms with van der Waals surface area (Å²) in [6, 6.07) is 11.7. The lowest BCUT2D eigenvalue weighted by molar-refractivity contribution is -0.153. The van der Waals surface area contributed by atoms with Gasteiger partial charge in [0.1, 0.15) is 23.3 Å². The quantitative estimate of drug-likeness (QED) is 0.243. The smallest absolute Gasteiger partial charge is 0.338 e. The van der Waals surface area contributed by atoms with Crippen LogP contribution in [0.2, 0.25) is 0 Å². The highest BCUT2D eigenvalue weighted by molar-refractivity contribution is 6.58. The number of nitrogens with zero attached hydrogens (tertiary/aromatic N) is 2. The number of hydrogen-bond donors (Lipinski definition) is 4. The first-order valence-corrected chi connectivity index (χ1v) is 9.75. The number of ether oxygens (including phenoxy) is 1. The third-order valence-corrected chi connectivity index (χ3v) is 4.84. The number of aromatic amines is 1. The first-order valence-electron chi connectivity index (χ1n) is 9.75. The summed E-state index contributed by atoms with van der Waals surface area (Å²) in [4.78, 5) is 35.9. The van der Waals surface area contributed by atoms with Crippen LogP contribution in [0.15, 0.2) is 52.6 Å². The lowest BCUT2D eigenvalue weighted by atomic mass is 10.0. The minimum Gasteiger partial charge on any atom is -0.508 e. The lowest BCUT2D eigenvalue weighted by Crippen LogP contribution is -2.29. The van der Waals surface area contributed by atoms with E-state index in [4.69, 9.17) is 15.3 Å². The molecule has 0 bridgehead atoms. The lowest BCUT2D eigenvalue weighted by Gasteiger charge is -2.12. The maximum Gasteiger partial charge on any atom is 0.338 e. The van der Waals surface area contributed by atoms with Crippen LogP contribution in [0.25, 0.3) is 10.9 Å². The Morgan fingerprint density at radius 3 is 2.70 bits per heavy atom. The second kappa shape index (κ2) is 9.72. The van der Waals surface area contributed by atoms with E-state index in [2.05, 4.69) is 15.1 Å². The Balaban J connectivity index is 0.00000306. The van der Waals surface area contributed by atoms with Gasteiger partial charge in [0.2, 0.25) is 0 Å². The molecule has 0 saturated heterocycles. The number of carbonyl (C=O) groups is 2. The van der Waals surface area contributed by atoms with Crippen LogP contribution in [0.1, 0.15) is 24.5 Å². The normalized spacial score (nSPS) is 14.4. The Hall–Kier alpha value is -3.89. The van der Waals surface area contributed by atoms with Crippen LogP contribution in [0.3, 0.4) is 0 Å². The number of benzene rings is 2. The number of H-pyrrole nitrogens is 1. The largest absolute Gasteiger partial charge is 0.508 e. The number of aliphatic imine (C=N–C) groups is 1. The minimum atomic E-state index is -0.842. The highest BCUT2D eigenvalue weighted by atomic mass is 35.5. The standard InChI is InChI=1S/C22H20N4O6.ClH/c1-11(27)31-13(10-23)9-18(29)32-26-20-15-8-12(28)6-7-17(15)24-21(20)19-14-4-2-3-5-16(14)25-22(19)30;/h2-8,13,25,28,30H,9-10,23H2,1H3;1H/b26-20+;/t13-;/m0./s1. The van der Waals surface area contributed by atoms with E-state index < -0.39 is 18.0 Å². The van der Waals surface area contributed by atoms with Crippen LogP contribution in [0.4, 0.5) is 5.69 Å². The highest BCUT2D eigenvalue weighted by Gasteiger charge is 2.30. The highest BCUT2D eigenvalue weighted by Crippen LogP contribution is 2.37. The van der Waals surface area contributed by atoms with Gasteiger partial charge in [0.25, 0.3) is 0 Å². The van der Waals surface area contributed by atoms with Crippen LogP contribution in [-0.2, 0) is 19.2 Å². The first kappa shape index (κ1) is 23.8. The summed E-state index contributed by atoms with van der Waals surface area (Å²) in [7, 11) is 0. The molecular formula is C22H21ClN4O6. The van der Waals surface area contributed by atoms with Crippen molar-refractivity contribution in [2.24, 2.45) is 15.9 Å². The number of halogens is 1. The van der Waals surface area contributed by atoms with Gasteiger partial charge in [-0.15, -0.1) is 12.4 Å². The van der Waals surface area contributed by atoms with E-state index in [1.807, 2.05) is 12.1 Å². The number of oxime groups is 1. The number of carbonyl (C=O) groups excluding carboxylic acids is 2. The predicted molar refractivity (Wildman–Crippen MR) is 123 cm³/mol. The number of hydrogen-bond acceptors (Lipinski definition) is 9. The maximum absolute atomic E-state index is 12.3. The van der Waals surface area contributed by atoms with Crippen LogP contribution in [0.5, 0.6) is 11.6 Å². The number of para-hydroxylation sites is 1. The molecule has 33 heavy (non-hydrogen) atoms. The zero-order valence-corrected chi connectivity index (χ0v) is 18.3. The molecule has 11 heteroatoms. The molecule has 172 valence electrons. The summed E-state index contributed by atoms with van der Waals surface area (Å²) in [6.07, 6.45) is -1.13. The van der Waals surface area contributed by atoms with Crippen LogP contribution >= 0.6 is 12.4 Å². The monoisotopic (exact) mass is 472 g/mol. The number of aromatic nitrogens is 1. The third-order valence-electron chi connectivity index (χ3n) is 4.84. The van der Waals surface area contributed by atoms with Crippen molar-refractivity contribution in [2.75, 3.05) is 6.54 Å². The summed E-state index contributed by atoms with van der Waals surface area (Å²) in [5.74, 6) is -1.49. The molecule has 4 rings (SSSR count). The molecule has 0 unspecified atom stereocenters. The molecule has 3 aromatic rings. The summed E-state index contributed by atoms with van der Waals surface area (Å²) in [5.41, 5.74) is 7.92. The van der Waals surface area contributed by atoms with E-state index in [9.17, 15) is 19.8 Å². The second-order valence-electron chi connectivity index (χ2n) is 7.13. The molecule has 0 radical (unpaired) electrons. The Bertz CT molecular complexity index is 1280. The van der Waals surface area contributed by atoms with Gasteiger partial charge in [-0.1, -0.05) is 23.4 Å². The first-order chi connectivity index (χ1) is 15.4. The van der Waals surface area contributed by atoms with Gasteiger partial charge < -0.3 is 30.5 Å². The molecule has 1 aromatic heterocycles. The molecule has 0 saturated carbocycles. The molecular weight excluding hydrogens is 452 g/mol. The molecule has 0 aliphatic carbocycles. The molecule has 0 spiro atoms. The van der Waals surface area contributed by atoms with Gasteiger partial charge >= 0.3 is 11.9 Å². The molecule has 2 heterocycles. The molecule has 5 N–H and O–H groups in total. The summed E-state index contributed by atoms with van der Waals surface area (Å²) in [5, 5.41) is 25.2. The molecule has 2 aromatic carbocycles. The fourth-order valence-electron chi connectivity index (χ4n) is 3.47. The van der Waals surface area contributed by atoms with E-state index in [1.165, 1.54) is 19.1 Å². The zero-order chi connectivity index (χ0) is 22.8. The molecule has 10 nitrogen and oxygen atoms in total. The Kier molecular flexibility index (Phi) is 7.00. The maximum atomic E-state index is 12.3. The van der Waals surface area contributed by atoms with E-state index in [0.717, 1.165) is 0 Å². The average Bonchev–Trinajstić information content (AvgIpc) is 3.27. The third kappa shape index (κ3) is 4.81. The topological polar surface area (TPSA) is 160 Å². The second-order valence-corrected chi connectivity index (χ2v) is 7.13. The van der Waals surface area contributed by atoms with Crippen molar-refractivity contribution in [1.29, 1.82) is 0 Å². The molecule has 1 aliphatic heterocycles. The van der Waals surface area contributed by atoms with Gasteiger partial charge in [-0.2, -0.15) is 0 Å². The molecule has 1 aliphatic rings. The van der Waals surface area contributed by atoms with Crippen LogP contribution in [-0.4, -0.2) is 51.2 Å². The average molecular weight is 473 g/mol. The minimum absolute atomic E-state index is 0. The van der Waals surface area contributed by atoms with Crippen molar-refractivity contribution in [3.8, 4) is 11.6 Å². The predicted octanol–water partition coefficient (Wildman–Crippen LogP) is 2.66. The zero-order valence-electron chi connectivity index (χ0n) is 17.4. The van der Waals surface area contributed by atoms with E-state index in [0.29, 0.717) is 27.7 Å². The number of rotatable bonds is 6. The van der Waals surface area contributed by atoms with Crippen molar-refractivity contribution in [3.05, 3.63) is 53.6 Å². The molecule has 0 fully saturated rings. The Morgan fingerprint density at radius 2 is 1.97 bits per heavy atom.